The van der Waals surface area contributed by atoms with Crippen molar-refractivity contribution in [2.75, 3.05) is 0 Å². The molecule has 0 saturated heterocycles. The van der Waals surface area contributed by atoms with Crippen molar-refractivity contribution in [2.45, 2.75) is 57.5 Å². The van der Waals surface area contributed by atoms with Crippen molar-refractivity contribution < 1.29 is 17.5 Å². The average molecular weight is 268 g/mol. The van der Waals surface area contributed by atoms with Crippen LogP contribution in [0.4, 0.5) is 0 Å². The van der Waals surface area contributed by atoms with Crippen molar-refractivity contribution in [1.82, 2.24) is 0 Å². The highest BCUT2D eigenvalue weighted by Crippen LogP contribution is 2.26. The summed E-state index contributed by atoms with van der Waals surface area (Å²) in [6, 6.07) is 0.531. The normalized spacial score (nSPS) is 29.4. The second-order valence-corrected chi connectivity index (χ2v) is 5.49. The molecule has 0 aromatic heterocycles. The lowest BCUT2D eigenvalue weighted by Gasteiger charge is -2.31. The third kappa shape index (κ3) is 10.7. The Bertz CT molecular complexity index is 285. The minimum atomic E-state index is -4.67. The van der Waals surface area contributed by atoms with Gasteiger partial charge in [-0.05, 0) is 25.2 Å². The summed E-state index contributed by atoms with van der Waals surface area (Å²) >= 11 is 0. The van der Waals surface area contributed by atoms with Crippen molar-refractivity contribution in [2.24, 2.45) is 17.4 Å². The Labute approximate surface area is 103 Å². The maximum absolute atomic E-state index is 8.74. The van der Waals surface area contributed by atoms with Crippen LogP contribution in [0.2, 0.25) is 0 Å². The monoisotopic (exact) mass is 268 g/mol. The van der Waals surface area contributed by atoms with Gasteiger partial charge >= 0.3 is 10.4 Å². The Kier molecular flexibility index (Phi) is 7.89. The lowest BCUT2D eigenvalue weighted by atomic mass is 9.81. The molecule has 0 radical (unpaired) electrons. The van der Waals surface area contributed by atoms with Crippen molar-refractivity contribution >= 4 is 10.4 Å². The van der Waals surface area contributed by atoms with Gasteiger partial charge in [0.05, 0.1) is 0 Å². The summed E-state index contributed by atoms with van der Waals surface area (Å²) in [4.78, 5) is 0. The van der Waals surface area contributed by atoms with Gasteiger partial charge in [-0.3, -0.25) is 9.11 Å². The highest BCUT2D eigenvalue weighted by molar-refractivity contribution is 7.79. The first-order chi connectivity index (χ1) is 7.74. The highest BCUT2D eigenvalue weighted by atomic mass is 32.3. The molecule has 1 aliphatic rings. The molecule has 0 bridgehead atoms. The summed E-state index contributed by atoms with van der Waals surface area (Å²) in [5, 5.41) is 0. The topological polar surface area (TPSA) is 127 Å². The van der Waals surface area contributed by atoms with E-state index in [9.17, 15) is 0 Å². The molecule has 1 aliphatic carbocycles. The van der Waals surface area contributed by atoms with E-state index in [0.29, 0.717) is 0 Å². The maximum atomic E-state index is 8.74. The van der Waals surface area contributed by atoms with E-state index in [1.165, 1.54) is 25.7 Å². The van der Waals surface area contributed by atoms with E-state index in [1.54, 1.807) is 0 Å². The average Bonchev–Trinajstić information content (AvgIpc) is 2.17. The fourth-order valence-corrected chi connectivity index (χ4v) is 2.07. The van der Waals surface area contributed by atoms with Crippen LogP contribution in [0, 0.1) is 5.92 Å². The van der Waals surface area contributed by atoms with Crippen LogP contribution in [0.3, 0.4) is 0 Å². The molecule has 1 saturated carbocycles. The van der Waals surface area contributed by atoms with E-state index in [2.05, 4.69) is 6.92 Å². The van der Waals surface area contributed by atoms with Crippen LogP contribution in [0.15, 0.2) is 0 Å². The molecule has 7 heteroatoms. The Morgan fingerprint density at radius 1 is 1.18 bits per heavy atom. The first-order valence-electron chi connectivity index (χ1n) is 5.95. The molecule has 0 aromatic carbocycles. The van der Waals surface area contributed by atoms with Crippen LogP contribution in [-0.2, 0) is 10.4 Å². The van der Waals surface area contributed by atoms with Gasteiger partial charge < -0.3 is 11.5 Å². The fraction of sp³-hybridized carbons (Fsp3) is 1.00. The van der Waals surface area contributed by atoms with Crippen LogP contribution in [0.1, 0.15) is 45.4 Å². The van der Waals surface area contributed by atoms with E-state index in [0.717, 1.165) is 18.8 Å². The number of hydrogen-bond acceptors (Lipinski definition) is 4. The molecule has 0 spiro atoms. The lowest BCUT2D eigenvalue weighted by Crippen LogP contribution is -2.45. The number of nitrogens with two attached hydrogens (primary N) is 2. The van der Waals surface area contributed by atoms with Crippen molar-refractivity contribution in [1.29, 1.82) is 0 Å². The van der Waals surface area contributed by atoms with E-state index < -0.39 is 10.4 Å². The molecule has 1 rings (SSSR count). The first kappa shape index (κ1) is 16.8. The Hall–Kier alpha value is -0.210. The van der Waals surface area contributed by atoms with Gasteiger partial charge in [-0.25, -0.2) is 0 Å². The van der Waals surface area contributed by atoms with Gasteiger partial charge in [0.1, 0.15) is 0 Å². The van der Waals surface area contributed by atoms with Gasteiger partial charge in [0, 0.05) is 12.1 Å². The van der Waals surface area contributed by atoms with E-state index in [-0.39, 0.29) is 12.1 Å². The maximum Gasteiger partial charge on any atom is 0.394 e. The van der Waals surface area contributed by atoms with Gasteiger partial charge in [-0.15, -0.1) is 0 Å². The van der Waals surface area contributed by atoms with E-state index >= 15 is 0 Å². The third-order valence-corrected chi connectivity index (χ3v) is 3.03. The second-order valence-electron chi connectivity index (χ2n) is 4.60. The number of hydrogen-bond donors (Lipinski definition) is 4. The van der Waals surface area contributed by atoms with Gasteiger partial charge in [0.2, 0.25) is 0 Å². The quantitative estimate of drug-likeness (QED) is 0.565. The highest BCUT2D eigenvalue weighted by Gasteiger charge is 2.24. The predicted molar refractivity (Wildman–Crippen MR) is 67.0 cm³/mol. The molecule has 6 nitrogen and oxygen atoms in total. The molecular weight excluding hydrogens is 244 g/mol. The molecule has 104 valence electrons. The summed E-state index contributed by atoms with van der Waals surface area (Å²) in [6.07, 6.45) is 7.60. The van der Waals surface area contributed by atoms with Crippen molar-refractivity contribution in [3.8, 4) is 0 Å². The first-order valence-corrected chi connectivity index (χ1v) is 7.34. The molecule has 0 amide bonds. The Balaban J connectivity index is 0.000000437. The van der Waals surface area contributed by atoms with Gasteiger partial charge in [0.15, 0.2) is 0 Å². The Morgan fingerprint density at radius 3 is 2.12 bits per heavy atom. The summed E-state index contributed by atoms with van der Waals surface area (Å²) in [6.45, 7) is 2.24. The summed E-state index contributed by atoms with van der Waals surface area (Å²) in [7, 11) is -4.67. The second kappa shape index (κ2) is 7.99. The van der Waals surface area contributed by atoms with Crippen molar-refractivity contribution in [3.05, 3.63) is 0 Å². The van der Waals surface area contributed by atoms with Gasteiger partial charge in [-0.1, -0.05) is 26.2 Å². The van der Waals surface area contributed by atoms with E-state index in [4.69, 9.17) is 29.0 Å². The van der Waals surface area contributed by atoms with Gasteiger partial charge in [0.25, 0.3) is 0 Å². The van der Waals surface area contributed by atoms with E-state index in [1.807, 2.05) is 0 Å². The minimum Gasteiger partial charge on any atom is -0.326 e. The SMILES string of the molecule is CCCCC1CCC(N)C(N)C1.O=S(=O)(O)O. The van der Waals surface area contributed by atoms with Crippen LogP contribution in [0.25, 0.3) is 0 Å². The fourth-order valence-electron chi connectivity index (χ4n) is 2.07. The standard InChI is InChI=1S/C10H22N2.H2O4S/c1-2-3-4-8-5-6-9(11)10(12)7-8;1-5(2,3)4/h8-10H,2-7,11-12H2,1H3;(H2,1,2,3,4). The molecule has 1 fully saturated rings. The zero-order chi connectivity index (χ0) is 13.5. The van der Waals surface area contributed by atoms with Crippen LogP contribution < -0.4 is 11.5 Å². The van der Waals surface area contributed by atoms with Crippen LogP contribution in [0.5, 0.6) is 0 Å². The summed E-state index contributed by atoms with van der Waals surface area (Å²) in [5.41, 5.74) is 11.8. The predicted octanol–water partition coefficient (Wildman–Crippen LogP) is 0.979. The molecule has 3 unspecified atom stereocenters. The zero-order valence-corrected chi connectivity index (χ0v) is 11.1. The number of unbranched alkanes of at least 4 members (excludes halogenated alkanes) is 1. The molecule has 6 N–H and O–H groups in total. The van der Waals surface area contributed by atoms with Gasteiger partial charge in [-0.2, -0.15) is 8.42 Å². The molecule has 3 atom stereocenters. The molecule has 0 aromatic rings. The van der Waals surface area contributed by atoms with Crippen LogP contribution in [-0.4, -0.2) is 29.6 Å². The Morgan fingerprint density at radius 2 is 1.71 bits per heavy atom. The summed E-state index contributed by atoms with van der Waals surface area (Å²) in [5.74, 6) is 0.861. The number of rotatable bonds is 3. The zero-order valence-electron chi connectivity index (χ0n) is 10.2. The largest absolute Gasteiger partial charge is 0.394 e. The third-order valence-electron chi connectivity index (χ3n) is 3.03. The molecule has 0 aliphatic heterocycles. The van der Waals surface area contributed by atoms with Crippen LogP contribution >= 0.6 is 0 Å². The lowest BCUT2D eigenvalue weighted by molar-refractivity contribution is 0.272. The molecule has 17 heavy (non-hydrogen) atoms. The van der Waals surface area contributed by atoms with Crippen molar-refractivity contribution in [3.63, 3.8) is 0 Å². The molecule has 0 heterocycles. The smallest absolute Gasteiger partial charge is 0.326 e. The minimum absolute atomic E-state index is 0.264. The summed E-state index contributed by atoms with van der Waals surface area (Å²) < 4.78 is 31.6. The molecular formula is C10H24N2O4S.